The summed E-state index contributed by atoms with van der Waals surface area (Å²) in [6.07, 6.45) is -5.80. The first-order chi connectivity index (χ1) is 20.8. The number of anilines is 1. The molecule has 0 saturated carbocycles. The van der Waals surface area contributed by atoms with E-state index in [1.165, 1.54) is 35.2 Å². The highest BCUT2D eigenvalue weighted by molar-refractivity contribution is 8.44. The molecule has 6 heterocycles. The summed E-state index contributed by atoms with van der Waals surface area (Å²) in [5, 5.41) is 10.0. The van der Waals surface area contributed by atoms with Crippen LogP contribution in [0.3, 0.4) is 0 Å². The number of nitrogens with two attached hydrogens (primary N) is 2. The zero-order chi connectivity index (χ0) is 31.6. The maximum Gasteiger partial charge on any atom is 0.388 e. The lowest BCUT2D eigenvalue weighted by Crippen LogP contribution is -2.37. The number of imidazole rings is 2. The van der Waals surface area contributed by atoms with Crippen LogP contribution in [0.1, 0.15) is 18.1 Å². The normalized spacial score (nSPS) is 38.2. The minimum atomic E-state index is -4.40. The molecule has 238 valence electrons. The van der Waals surface area contributed by atoms with Crippen molar-refractivity contribution in [3.05, 3.63) is 24.7 Å². The van der Waals surface area contributed by atoms with E-state index in [1.54, 1.807) is 0 Å². The first-order valence-electron chi connectivity index (χ1n) is 12.5. The number of nitrogen functional groups attached to an aromatic ring is 1. The molecule has 0 aliphatic carbocycles. The van der Waals surface area contributed by atoms with Gasteiger partial charge in [-0.2, -0.15) is 0 Å². The molecule has 2 unspecified atom stereocenters. The molecule has 0 amide bonds. The van der Waals surface area contributed by atoms with Crippen LogP contribution in [0.25, 0.3) is 11.2 Å². The molecule has 10 atom stereocenters. The second-order valence-electron chi connectivity index (χ2n) is 9.55. The van der Waals surface area contributed by atoms with Gasteiger partial charge in [0, 0.05) is 7.05 Å². The Hall–Kier alpha value is -2.13. The van der Waals surface area contributed by atoms with Crippen LogP contribution in [0.15, 0.2) is 29.0 Å². The summed E-state index contributed by atoms with van der Waals surface area (Å²) in [7, 11) is 1.45. The third-order valence-electron chi connectivity index (χ3n) is 6.92. The monoisotopic (exact) mass is 710 g/mol. The molecule has 6 rings (SSSR count). The van der Waals surface area contributed by atoms with Crippen molar-refractivity contribution in [2.75, 3.05) is 19.4 Å². The predicted molar refractivity (Wildman–Crippen MR) is 161 cm³/mol. The highest BCUT2D eigenvalue weighted by Crippen LogP contribution is 2.62. The lowest BCUT2D eigenvalue weighted by Gasteiger charge is -2.28. The van der Waals surface area contributed by atoms with Crippen molar-refractivity contribution < 1.29 is 41.8 Å². The quantitative estimate of drug-likeness (QED) is 0.0848. The number of hydrogen-bond acceptors (Lipinski definition) is 16. The van der Waals surface area contributed by atoms with Gasteiger partial charge < -0.3 is 26.0 Å². The fraction of sp³-hybridized carbons (Fsp3) is 0.500. The Balaban J connectivity index is 1.33. The van der Waals surface area contributed by atoms with Gasteiger partial charge in [0.15, 0.2) is 36.0 Å². The average molecular weight is 711 g/mol. The van der Waals surface area contributed by atoms with Gasteiger partial charge in [-0.25, -0.2) is 34.1 Å². The molecule has 3 saturated heterocycles. The Bertz CT molecular complexity index is 1730. The predicted octanol–water partition coefficient (Wildman–Crippen LogP) is 1.59. The molecule has 3 aliphatic heterocycles. The van der Waals surface area contributed by atoms with Crippen molar-refractivity contribution in [2.24, 2.45) is 15.7 Å². The maximum atomic E-state index is 13.6. The molecule has 19 nitrogen and oxygen atoms in total. The van der Waals surface area contributed by atoms with Gasteiger partial charge in [0.2, 0.25) is 0 Å². The van der Waals surface area contributed by atoms with Crippen molar-refractivity contribution in [3.8, 4) is 0 Å². The summed E-state index contributed by atoms with van der Waals surface area (Å²) in [5.74, 6) is 0.224. The Labute approximate surface area is 263 Å². The van der Waals surface area contributed by atoms with Gasteiger partial charge in [0.05, 0.1) is 19.3 Å². The minimum absolute atomic E-state index is 0.0254. The minimum Gasteiger partial charge on any atom is -0.385 e. The van der Waals surface area contributed by atoms with Gasteiger partial charge in [-0.15, -0.1) is 11.6 Å². The summed E-state index contributed by atoms with van der Waals surface area (Å²) < 4.78 is 64.3. The summed E-state index contributed by atoms with van der Waals surface area (Å²) in [5.41, 5.74) is 12.5. The molecule has 5 N–H and O–H groups in total. The first kappa shape index (κ1) is 31.8. The topological polar surface area (TPSA) is 248 Å². The van der Waals surface area contributed by atoms with Gasteiger partial charge in [-0.3, -0.25) is 32.2 Å². The number of aliphatic hydroxyl groups is 1. The standard InChI is InChI=1S/C20H25ClN10O9P2S2/c1-24-14(22)9-16(25-2)30(5-28-9)19-13-11(32)20(37-19)40-42(34,44)38-12-7(3-35-41(33,43)39-13)36-18(8(12)21)31-6-29-10-15(23)26-4-27-17(10)31/h4-8,11-13,18-20,32H,2-3H2,1H3,(H2,22,24)(H,33,43)(H,34,44)(H2,23,26,27)/t7-,8-,11+,12-,13-,18-,19-,20-,41?,42?/m1/s1. The van der Waals surface area contributed by atoms with Crippen LogP contribution in [0, 0.1) is 0 Å². The van der Waals surface area contributed by atoms with Gasteiger partial charge in [0.25, 0.3) is 0 Å². The largest absolute Gasteiger partial charge is 0.388 e. The Morgan fingerprint density at radius 2 is 1.82 bits per heavy atom. The van der Waals surface area contributed by atoms with E-state index >= 15 is 0 Å². The number of fused-ring (bicyclic) bond motifs is 4. The van der Waals surface area contributed by atoms with Crippen molar-refractivity contribution in [1.82, 2.24) is 29.1 Å². The fourth-order valence-electron chi connectivity index (χ4n) is 4.92. The third-order valence-corrected chi connectivity index (χ3v) is 10.6. The molecule has 3 aromatic heterocycles. The summed E-state index contributed by atoms with van der Waals surface area (Å²) in [4.78, 5) is 24.3. The smallest absolute Gasteiger partial charge is 0.385 e. The molecule has 2 bridgehead atoms. The SMILES string of the molecule is C=Nc1c(/C(N)=N\C)ncn1[C@@H]1O[C@@H]2OP(=O)(S)O[C@H]3[C@@H](Cl)[C@H](n4cnc5c(N)ncnc54)O[C@@H]3COP(=O)(S)O[C@@H]1[C@@H]2O. The molecule has 3 fully saturated rings. The number of aromatic nitrogens is 6. The van der Waals surface area contributed by atoms with Crippen molar-refractivity contribution in [3.63, 3.8) is 0 Å². The molecular weight excluding hydrogens is 686 g/mol. The van der Waals surface area contributed by atoms with E-state index in [2.05, 4.69) is 61.1 Å². The highest BCUT2D eigenvalue weighted by atomic mass is 35.5. The molecule has 24 heteroatoms. The van der Waals surface area contributed by atoms with Crippen molar-refractivity contribution in [1.29, 1.82) is 0 Å². The molecule has 3 aromatic rings. The van der Waals surface area contributed by atoms with E-state index in [0.717, 1.165) is 0 Å². The molecule has 0 aromatic carbocycles. The average Bonchev–Trinajstić information content (AvgIpc) is 3.73. The number of thiol groups is 2. The van der Waals surface area contributed by atoms with Gasteiger partial charge in [-0.05, 0) is 6.72 Å². The number of alkyl halides is 1. The Morgan fingerprint density at radius 3 is 2.55 bits per heavy atom. The third kappa shape index (κ3) is 5.69. The van der Waals surface area contributed by atoms with Crippen molar-refractivity contribution in [2.45, 2.75) is 48.5 Å². The van der Waals surface area contributed by atoms with Crippen molar-refractivity contribution >= 4 is 85.0 Å². The molecule has 3 aliphatic rings. The van der Waals surface area contributed by atoms with Gasteiger partial charge in [0.1, 0.15) is 53.2 Å². The second-order valence-corrected chi connectivity index (χ2v) is 15.8. The zero-order valence-electron chi connectivity index (χ0n) is 22.4. The van der Waals surface area contributed by atoms with Crippen LogP contribution in [-0.4, -0.2) is 96.5 Å². The van der Waals surface area contributed by atoms with E-state index in [-0.39, 0.29) is 23.2 Å². The molecule has 44 heavy (non-hydrogen) atoms. The number of ether oxygens (including phenoxy) is 2. The number of hydrogen-bond donors (Lipinski definition) is 5. The maximum absolute atomic E-state index is 13.6. The summed E-state index contributed by atoms with van der Waals surface area (Å²) in [6.45, 7) is -5.67. The Kier molecular flexibility index (Phi) is 8.61. The van der Waals surface area contributed by atoms with Gasteiger partial charge in [-0.1, -0.05) is 24.5 Å². The van der Waals surface area contributed by atoms with Crippen LogP contribution in [0.4, 0.5) is 11.6 Å². The fourth-order valence-corrected chi connectivity index (χ4v) is 8.52. The number of aliphatic hydroxyl groups excluding tert-OH is 1. The second kappa shape index (κ2) is 11.9. The summed E-state index contributed by atoms with van der Waals surface area (Å²) in [6, 6.07) is 0. The number of amidine groups is 1. The van der Waals surface area contributed by atoms with Crippen LogP contribution in [0.5, 0.6) is 0 Å². The number of aliphatic imine (C=N–C) groups is 2. The van der Waals surface area contributed by atoms with E-state index in [9.17, 15) is 14.2 Å². The van der Waals surface area contributed by atoms with Crippen LogP contribution in [-0.2, 0) is 36.7 Å². The number of halogens is 1. The number of rotatable bonds is 4. The van der Waals surface area contributed by atoms with E-state index in [0.29, 0.717) is 11.2 Å². The molecule has 0 spiro atoms. The zero-order valence-corrected chi connectivity index (χ0v) is 26.7. The van der Waals surface area contributed by atoms with Crippen LogP contribution < -0.4 is 11.5 Å². The van der Waals surface area contributed by atoms with Crippen LogP contribution in [0.2, 0.25) is 0 Å². The number of nitrogens with zero attached hydrogens (tertiary/aromatic N) is 8. The lowest BCUT2D eigenvalue weighted by atomic mass is 10.2. The van der Waals surface area contributed by atoms with Crippen LogP contribution >= 0.6 is 49.7 Å². The first-order valence-corrected chi connectivity index (χ1v) is 18.3. The van der Waals surface area contributed by atoms with E-state index < -0.39 is 68.7 Å². The molecule has 0 radical (unpaired) electrons. The van der Waals surface area contributed by atoms with E-state index in [1.807, 2.05) is 0 Å². The highest BCUT2D eigenvalue weighted by Gasteiger charge is 2.55. The Morgan fingerprint density at radius 1 is 1.09 bits per heavy atom. The summed E-state index contributed by atoms with van der Waals surface area (Å²) >= 11 is 15.0. The lowest BCUT2D eigenvalue weighted by molar-refractivity contribution is -0.130. The van der Waals surface area contributed by atoms with E-state index in [4.69, 9.17) is 50.6 Å². The molecular formula is C20H25ClN10O9P2S2. The van der Waals surface area contributed by atoms with Gasteiger partial charge >= 0.3 is 13.6 Å².